The normalized spacial score (nSPS) is 10.0. The molecule has 0 unspecified atom stereocenters. The lowest BCUT2D eigenvalue weighted by atomic mass is 10.0. The van der Waals surface area contributed by atoms with Crippen LogP contribution in [0.4, 0.5) is 13.2 Å². The number of rotatable bonds is 5. The number of hydrogen-bond donors (Lipinski definition) is 1. The van der Waals surface area contributed by atoms with E-state index in [2.05, 4.69) is 0 Å². The van der Waals surface area contributed by atoms with Crippen LogP contribution in [0.2, 0.25) is 0 Å². The van der Waals surface area contributed by atoms with Gasteiger partial charge in [-0.15, -0.1) is 0 Å². The lowest BCUT2D eigenvalue weighted by Gasteiger charge is -2.02. The number of hydrogen-bond acceptors (Lipinski definition) is 2. The van der Waals surface area contributed by atoms with Crippen LogP contribution in [-0.2, 0) is 0 Å². The molecule has 224 valence electrons. The number of halogens is 3. The first-order chi connectivity index (χ1) is 21.7. The number of ketones is 1. The van der Waals surface area contributed by atoms with E-state index in [0.29, 0.717) is 5.56 Å². The molecule has 0 spiro atoms. The maximum Gasteiger partial charge on any atom is 0.335 e. The van der Waals surface area contributed by atoms with Crippen LogP contribution in [-0.4, -0.2) is 16.9 Å². The SMILES string of the molecule is CC(=O)c1ccc(-c2ccc(F)cc2)cc1.Fc1ccc(-c2ccccc2)cc1.O=C(O)c1ccc(-c2ccc(F)cc2)cc1. The average Bonchev–Trinajstić information content (AvgIpc) is 3.07. The van der Waals surface area contributed by atoms with Crippen LogP contribution in [0, 0.1) is 17.5 Å². The molecule has 6 aromatic carbocycles. The Morgan fingerprint density at radius 2 is 0.667 bits per heavy atom. The third kappa shape index (κ3) is 9.63. The van der Waals surface area contributed by atoms with Crippen molar-refractivity contribution in [3.63, 3.8) is 0 Å². The second kappa shape index (κ2) is 15.6. The van der Waals surface area contributed by atoms with Gasteiger partial charge in [-0.1, -0.05) is 103 Å². The molecule has 6 rings (SSSR count). The number of carboxylic acid groups (broad SMARTS) is 1. The van der Waals surface area contributed by atoms with Gasteiger partial charge in [0.25, 0.3) is 0 Å². The first-order valence-corrected chi connectivity index (χ1v) is 14.0. The predicted octanol–water partition coefficient (Wildman–Crippen LogP) is 10.4. The molecule has 0 fully saturated rings. The van der Waals surface area contributed by atoms with Crippen LogP contribution in [0.3, 0.4) is 0 Å². The minimum Gasteiger partial charge on any atom is -0.478 e. The molecule has 0 aliphatic carbocycles. The number of carboxylic acids is 1. The van der Waals surface area contributed by atoms with Crippen molar-refractivity contribution in [3.8, 4) is 33.4 Å². The summed E-state index contributed by atoms with van der Waals surface area (Å²) in [5.41, 5.74) is 6.73. The van der Waals surface area contributed by atoms with Gasteiger partial charge < -0.3 is 5.11 Å². The molecule has 0 atom stereocenters. The van der Waals surface area contributed by atoms with Crippen LogP contribution >= 0.6 is 0 Å². The quantitative estimate of drug-likeness (QED) is 0.200. The van der Waals surface area contributed by atoms with E-state index in [1.54, 1.807) is 60.7 Å². The van der Waals surface area contributed by atoms with Gasteiger partial charge in [0.2, 0.25) is 0 Å². The Labute approximate surface area is 259 Å². The van der Waals surface area contributed by atoms with Gasteiger partial charge in [0, 0.05) is 5.56 Å². The topological polar surface area (TPSA) is 54.4 Å². The van der Waals surface area contributed by atoms with Crippen molar-refractivity contribution in [2.24, 2.45) is 0 Å². The van der Waals surface area contributed by atoms with Crippen molar-refractivity contribution >= 4 is 11.8 Å². The number of Topliss-reactive ketones (excluding diaryl/α,β-unsaturated/α-hetero) is 1. The zero-order chi connectivity index (χ0) is 32.2. The van der Waals surface area contributed by atoms with Crippen LogP contribution < -0.4 is 0 Å². The number of benzene rings is 6. The Balaban J connectivity index is 0.000000155. The summed E-state index contributed by atoms with van der Waals surface area (Å²) >= 11 is 0. The summed E-state index contributed by atoms with van der Waals surface area (Å²) in [5.74, 6) is -1.63. The Hall–Kier alpha value is -5.75. The highest BCUT2D eigenvalue weighted by atomic mass is 19.1. The van der Waals surface area contributed by atoms with Gasteiger partial charge in [0.1, 0.15) is 17.5 Å². The summed E-state index contributed by atoms with van der Waals surface area (Å²) < 4.78 is 38.0. The summed E-state index contributed by atoms with van der Waals surface area (Å²) in [7, 11) is 0. The van der Waals surface area contributed by atoms with E-state index < -0.39 is 5.97 Å². The monoisotopic (exact) mass is 602 g/mol. The molecule has 0 saturated carbocycles. The van der Waals surface area contributed by atoms with Gasteiger partial charge in [-0.05, 0) is 88.8 Å². The van der Waals surface area contributed by atoms with Crippen LogP contribution in [0.1, 0.15) is 27.6 Å². The maximum atomic E-state index is 12.7. The molecule has 0 amide bonds. The standard InChI is InChI=1S/C14H11FO.C13H9FO2.C12H9F/c1-10(16)11-2-4-12(5-3-11)13-6-8-14(15)9-7-13;14-12-7-5-10(6-8-12)9-1-3-11(4-2-9)13(15)16;13-12-8-6-11(7-9-12)10-4-2-1-3-5-10/h2-9H,1H3;1-8H,(H,15,16);1-9H. The zero-order valence-electron chi connectivity index (χ0n) is 24.3. The van der Waals surface area contributed by atoms with E-state index in [9.17, 15) is 22.8 Å². The maximum absolute atomic E-state index is 12.7. The smallest absolute Gasteiger partial charge is 0.335 e. The Morgan fingerprint density at radius 1 is 0.400 bits per heavy atom. The second-order valence-electron chi connectivity index (χ2n) is 9.90. The van der Waals surface area contributed by atoms with Crippen molar-refractivity contribution in [1.29, 1.82) is 0 Å². The van der Waals surface area contributed by atoms with E-state index >= 15 is 0 Å². The fraction of sp³-hybridized carbons (Fsp3) is 0.0256. The van der Waals surface area contributed by atoms with Crippen molar-refractivity contribution in [2.45, 2.75) is 6.92 Å². The van der Waals surface area contributed by atoms with E-state index in [1.165, 1.54) is 55.5 Å². The van der Waals surface area contributed by atoms with Gasteiger partial charge in [0.15, 0.2) is 5.78 Å². The van der Waals surface area contributed by atoms with Crippen molar-refractivity contribution in [2.75, 3.05) is 0 Å². The largest absolute Gasteiger partial charge is 0.478 e. The van der Waals surface area contributed by atoms with Gasteiger partial charge in [-0.25, -0.2) is 18.0 Å². The summed E-state index contributed by atoms with van der Waals surface area (Å²) in [6, 6.07) is 42.5. The van der Waals surface area contributed by atoms with Crippen molar-refractivity contribution in [1.82, 2.24) is 0 Å². The van der Waals surface area contributed by atoms with E-state index in [1.807, 2.05) is 42.5 Å². The highest BCUT2D eigenvalue weighted by Crippen LogP contribution is 2.22. The molecular formula is C39H29F3O3. The Morgan fingerprint density at radius 3 is 0.956 bits per heavy atom. The summed E-state index contributed by atoms with van der Waals surface area (Å²) in [4.78, 5) is 21.7. The van der Waals surface area contributed by atoms with Gasteiger partial charge in [-0.2, -0.15) is 0 Å². The third-order valence-electron chi connectivity index (χ3n) is 6.73. The molecular weight excluding hydrogens is 573 g/mol. The lowest BCUT2D eigenvalue weighted by molar-refractivity contribution is 0.0696. The van der Waals surface area contributed by atoms with E-state index in [0.717, 1.165) is 33.4 Å². The van der Waals surface area contributed by atoms with Crippen LogP contribution in [0.15, 0.2) is 152 Å². The Bertz CT molecular complexity index is 1720. The molecule has 0 bridgehead atoms. The predicted molar refractivity (Wildman–Crippen MR) is 172 cm³/mol. The van der Waals surface area contributed by atoms with Crippen LogP contribution in [0.5, 0.6) is 0 Å². The van der Waals surface area contributed by atoms with Gasteiger partial charge in [0.05, 0.1) is 5.56 Å². The average molecular weight is 603 g/mol. The molecule has 0 saturated heterocycles. The summed E-state index contributed by atoms with van der Waals surface area (Å²) in [6.07, 6.45) is 0. The minimum atomic E-state index is -0.953. The molecule has 0 aromatic heterocycles. The van der Waals surface area contributed by atoms with E-state index in [-0.39, 0.29) is 28.8 Å². The third-order valence-corrected chi connectivity index (χ3v) is 6.73. The first-order valence-electron chi connectivity index (χ1n) is 14.0. The number of carbonyl (C=O) groups is 2. The molecule has 3 nitrogen and oxygen atoms in total. The van der Waals surface area contributed by atoms with Gasteiger partial charge in [-0.3, -0.25) is 4.79 Å². The molecule has 0 aliphatic rings. The minimum absolute atomic E-state index is 0.0469. The molecule has 6 aromatic rings. The summed E-state index contributed by atoms with van der Waals surface area (Å²) in [5, 5.41) is 8.73. The van der Waals surface area contributed by atoms with Gasteiger partial charge >= 0.3 is 5.97 Å². The fourth-order valence-corrected chi connectivity index (χ4v) is 4.26. The summed E-state index contributed by atoms with van der Waals surface area (Å²) in [6.45, 7) is 1.53. The molecule has 0 aliphatic heterocycles. The molecule has 45 heavy (non-hydrogen) atoms. The fourth-order valence-electron chi connectivity index (χ4n) is 4.26. The zero-order valence-corrected chi connectivity index (χ0v) is 24.3. The molecule has 6 heteroatoms. The van der Waals surface area contributed by atoms with Crippen molar-refractivity contribution < 1.29 is 27.9 Å². The van der Waals surface area contributed by atoms with E-state index in [4.69, 9.17) is 5.11 Å². The lowest BCUT2D eigenvalue weighted by Crippen LogP contribution is -1.94. The van der Waals surface area contributed by atoms with Crippen LogP contribution in [0.25, 0.3) is 33.4 Å². The number of carbonyl (C=O) groups excluding carboxylic acids is 1. The molecule has 1 N–H and O–H groups in total. The highest BCUT2D eigenvalue weighted by Gasteiger charge is 2.03. The molecule has 0 heterocycles. The molecule has 0 radical (unpaired) electrons. The number of aromatic carboxylic acids is 1. The van der Waals surface area contributed by atoms with Crippen molar-refractivity contribution in [3.05, 3.63) is 180 Å². The highest BCUT2D eigenvalue weighted by molar-refractivity contribution is 5.94. The Kier molecular flexibility index (Phi) is 11.2. The first kappa shape index (κ1) is 32.2. The second-order valence-corrected chi connectivity index (χ2v) is 9.90.